The average molecular weight is 292 g/mol. The number of rotatable bonds is 5. The normalized spacial score (nSPS) is 17.2. The second-order valence-corrected chi connectivity index (χ2v) is 5.15. The number of morpholine rings is 1. The summed E-state index contributed by atoms with van der Waals surface area (Å²) in [6.07, 6.45) is 0. The van der Waals surface area contributed by atoms with Crippen molar-refractivity contribution in [1.29, 1.82) is 0 Å². The number of carbonyl (C=O) groups excluding carboxylic acids is 2. The fourth-order valence-electron chi connectivity index (χ4n) is 2.31. The standard InChI is InChI=1S/C15H20N2O4/c1-16(2)13(11-5-4-6-12(7-11)20-3)8-17-14(18)9-21-10-15(17)19/h4-7,13H,8-10H2,1-3H3/t13-/m0/s1. The number of amides is 2. The maximum Gasteiger partial charge on any atom is 0.255 e. The van der Waals surface area contributed by atoms with Crippen molar-refractivity contribution in [1.82, 2.24) is 9.80 Å². The Kier molecular flexibility index (Phi) is 4.93. The SMILES string of the molecule is COc1cccc([C@H](CN2C(=O)COCC2=O)N(C)C)c1. The molecular formula is C15H20N2O4. The Morgan fingerprint density at radius 2 is 1.95 bits per heavy atom. The fourth-order valence-corrected chi connectivity index (χ4v) is 2.31. The van der Waals surface area contributed by atoms with Crippen LogP contribution in [0.1, 0.15) is 11.6 Å². The molecule has 2 amide bonds. The van der Waals surface area contributed by atoms with Crippen LogP contribution in [0.2, 0.25) is 0 Å². The number of benzene rings is 1. The Morgan fingerprint density at radius 3 is 2.52 bits per heavy atom. The first-order valence-electron chi connectivity index (χ1n) is 6.74. The molecule has 0 radical (unpaired) electrons. The molecule has 1 aliphatic rings. The van der Waals surface area contributed by atoms with Crippen LogP contribution in [0.15, 0.2) is 24.3 Å². The van der Waals surface area contributed by atoms with E-state index in [2.05, 4.69) is 0 Å². The monoisotopic (exact) mass is 292 g/mol. The predicted molar refractivity (Wildman–Crippen MR) is 77.0 cm³/mol. The number of likely N-dealkylation sites (N-methyl/N-ethyl adjacent to an activating group) is 1. The smallest absolute Gasteiger partial charge is 0.255 e. The van der Waals surface area contributed by atoms with Crippen LogP contribution in [0, 0.1) is 0 Å². The molecule has 1 aliphatic heterocycles. The number of hydrogen-bond acceptors (Lipinski definition) is 5. The van der Waals surface area contributed by atoms with Crippen molar-refractivity contribution in [3.63, 3.8) is 0 Å². The molecule has 6 nitrogen and oxygen atoms in total. The fraction of sp³-hybridized carbons (Fsp3) is 0.467. The van der Waals surface area contributed by atoms with Crippen LogP contribution in [0.4, 0.5) is 0 Å². The van der Waals surface area contributed by atoms with E-state index >= 15 is 0 Å². The van der Waals surface area contributed by atoms with E-state index in [0.29, 0.717) is 6.54 Å². The maximum atomic E-state index is 11.9. The van der Waals surface area contributed by atoms with Gasteiger partial charge in [-0.05, 0) is 31.8 Å². The van der Waals surface area contributed by atoms with E-state index in [0.717, 1.165) is 11.3 Å². The highest BCUT2D eigenvalue weighted by Crippen LogP contribution is 2.24. The molecule has 0 bridgehead atoms. The van der Waals surface area contributed by atoms with Crippen LogP contribution in [-0.2, 0) is 14.3 Å². The lowest BCUT2D eigenvalue weighted by Gasteiger charge is -2.32. The molecule has 1 saturated heterocycles. The van der Waals surface area contributed by atoms with Gasteiger partial charge in [-0.2, -0.15) is 0 Å². The highest BCUT2D eigenvalue weighted by atomic mass is 16.5. The third-order valence-electron chi connectivity index (χ3n) is 3.51. The molecule has 1 aromatic carbocycles. The van der Waals surface area contributed by atoms with Gasteiger partial charge in [0.05, 0.1) is 13.2 Å². The molecule has 0 N–H and O–H groups in total. The Morgan fingerprint density at radius 1 is 1.29 bits per heavy atom. The molecule has 0 saturated carbocycles. The Balaban J connectivity index is 2.22. The number of imide groups is 1. The highest BCUT2D eigenvalue weighted by Gasteiger charge is 2.30. The number of ether oxygens (including phenoxy) is 2. The average Bonchev–Trinajstić information content (AvgIpc) is 2.46. The van der Waals surface area contributed by atoms with Crippen LogP contribution in [0.3, 0.4) is 0 Å². The third kappa shape index (κ3) is 3.59. The molecule has 21 heavy (non-hydrogen) atoms. The Hall–Kier alpha value is -1.92. The third-order valence-corrected chi connectivity index (χ3v) is 3.51. The molecule has 114 valence electrons. The quantitative estimate of drug-likeness (QED) is 0.747. The topological polar surface area (TPSA) is 59.1 Å². The van der Waals surface area contributed by atoms with Gasteiger partial charge in [-0.15, -0.1) is 0 Å². The summed E-state index contributed by atoms with van der Waals surface area (Å²) in [5.41, 5.74) is 0.992. The summed E-state index contributed by atoms with van der Waals surface area (Å²) in [6.45, 7) is 0.231. The van der Waals surface area contributed by atoms with E-state index in [1.54, 1.807) is 7.11 Å². The summed E-state index contributed by atoms with van der Waals surface area (Å²) in [7, 11) is 5.44. The molecule has 6 heteroatoms. The zero-order chi connectivity index (χ0) is 15.4. The van der Waals surface area contributed by atoms with E-state index in [1.165, 1.54) is 4.90 Å². The van der Waals surface area contributed by atoms with Gasteiger partial charge in [0.15, 0.2) is 0 Å². The van der Waals surface area contributed by atoms with Crippen LogP contribution in [-0.4, -0.2) is 62.6 Å². The first-order chi connectivity index (χ1) is 10.0. The molecule has 1 aromatic rings. The van der Waals surface area contributed by atoms with Gasteiger partial charge in [0.1, 0.15) is 19.0 Å². The second kappa shape index (κ2) is 6.69. The minimum absolute atomic E-state index is 0.0377. The van der Waals surface area contributed by atoms with E-state index in [9.17, 15) is 9.59 Å². The van der Waals surface area contributed by atoms with E-state index < -0.39 is 0 Å². The zero-order valence-corrected chi connectivity index (χ0v) is 12.5. The van der Waals surface area contributed by atoms with Gasteiger partial charge in [0, 0.05) is 6.54 Å². The van der Waals surface area contributed by atoms with Gasteiger partial charge < -0.3 is 14.4 Å². The van der Waals surface area contributed by atoms with Crippen molar-refractivity contribution in [3.05, 3.63) is 29.8 Å². The number of hydrogen-bond donors (Lipinski definition) is 0. The van der Waals surface area contributed by atoms with Crippen LogP contribution < -0.4 is 4.74 Å². The van der Waals surface area contributed by atoms with Gasteiger partial charge in [-0.3, -0.25) is 14.5 Å². The van der Waals surface area contributed by atoms with E-state index in [-0.39, 0.29) is 31.1 Å². The molecule has 0 spiro atoms. The summed E-state index contributed by atoms with van der Waals surface area (Å²) in [5, 5.41) is 0. The van der Waals surface area contributed by atoms with Gasteiger partial charge in [0.2, 0.25) is 0 Å². The lowest BCUT2D eigenvalue weighted by atomic mass is 10.0. The molecule has 1 atom stereocenters. The minimum atomic E-state index is -0.291. The first-order valence-corrected chi connectivity index (χ1v) is 6.74. The number of nitrogens with zero attached hydrogens (tertiary/aromatic N) is 2. The van der Waals surface area contributed by atoms with Gasteiger partial charge >= 0.3 is 0 Å². The molecular weight excluding hydrogens is 272 g/mol. The van der Waals surface area contributed by atoms with Gasteiger partial charge in [-0.25, -0.2) is 0 Å². The van der Waals surface area contributed by atoms with E-state index in [4.69, 9.17) is 9.47 Å². The predicted octanol–water partition coefficient (Wildman–Crippen LogP) is 0.683. The molecule has 0 unspecified atom stereocenters. The molecule has 1 fully saturated rings. The first kappa shape index (κ1) is 15.5. The summed E-state index contributed by atoms with van der Waals surface area (Å²) < 4.78 is 10.2. The van der Waals surface area contributed by atoms with Crippen molar-refractivity contribution < 1.29 is 19.1 Å². The van der Waals surface area contributed by atoms with E-state index in [1.807, 2.05) is 43.3 Å². The second-order valence-electron chi connectivity index (χ2n) is 5.15. The van der Waals surface area contributed by atoms with Crippen LogP contribution in [0.25, 0.3) is 0 Å². The van der Waals surface area contributed by atoms with Crippen molar-refractivity contribution in [2.24, 2.45) is 0 Å². The maximum absolute atomic E-state index is 11.9. The van der Waals surface area contributed by atoms with Crippen molar-refractivity contribution >= 4 is 11.8 Å². The van der Waals surface area contributed by atoms with Gasteiger partial charge in [-0.1, -0.05) is 12.1 Å². The van der Waals surface area contributed by atoms with Crippen molar-refractivity contribution in [3.8, 4) is 5.75 Å². The molecule has 2 rings (SSSR count). The Bertz CT molecular complexity index is 514. The van der Waals surface area contributed by atoms with Gasteiger partial charge in [0.25, 0.3) is 11.8 Å². The molecule has 0 aliphatic carbocycles. The minimum Gasteiger partial charge on any atom is -0.497 e. The van der Waals surface area contributed by atoms with Crippen LogP contribution >= 0.6 is 0 Å². The summed E-state index contributed by atoms with van der Waals surface area (Å²) >= 11 is 0. The van der Waals surface area contributed by atoms with Crippen molar-refractivity contribution in [2.75, 3.05) is 41.0 Å². The van der Waals surface area contributed by atoms with Crippen LogP contribution in [0.5, 0.6) is 5.75 Å². The summed E-state index contributed by atoms with van der Waals surface area (Å²) in [6, 6.07) is 7.54. The molecule has 1 heterocycles. The lowest BCUT2D eigenvalue weighted by molar-refractivity contribution is -0.159. The summed E-state index contributed by atoms with van der Waals surface area (Å²) in [4.78, 5) is 27.0. The zero-order valence-electron chi connectivity index (χ0n) is 12.5. The summed E-state index contributed by atoms with van der Waals surface area (Å²) in [5.74, 6) is 0.168. The lowest BCUT2D eigenvalue weighted by Crippen LogP contribution is -2.49. The molecule has 0 aromatic heterocycles. The largest absolute Gasteiger partial charge is 0.497 e. The number of methoxy groups -OCH3 is 1. The Labute approximate surface area is 124 Å². The number of carbonyl (C=O) groups is 2. The van der Waals surface area contributed by atoms with Crippen molar-refractivity contribution in [2.45, 2.75) is 6.04 Å². The highest BCUT2D eigenvalue weighted by molar-refractivity contribution is 5.98.